The number of likely N-dealkylation sites (N-methyl/N-ethyl adjacent to an activating group) is 2. The quantitative estimate of drug-likeness (QED) is 0.443. The van der Waals surface area contributed by atoms with E-state index in [1.54, 1.807) is 0 Å². The van der Waals surface area contributed by atoms with Crippen LogP contribution in [0.4, 0.5) is 4.79 Å². The summed E-state index contributed by atoms with van der Waals surface area (Å²) in [4.78, 5) is 41.3. The van der Waals surface area contributed by atoms with Crippen molar-refractivity contribution in [3.05, 3.63) is 0 Å². The second-order valence-corrected chi connectivity index (χ2v) is 3.99. The van der Waals surface area contributed by atoms with Crippen LogP contribution in [0.15, 0.2) is 4.99 Å². The highest BCUT2D eigenvalue weighted by Gasteiger charge is 2.50. The Morgan fingerprint density at radius 3 is 2.72 bits per heavy atom. The van der Waals surface area contributed by atoms with Crippen LogP contribution in [0.3, 0.4) is 0 Å². The molecule has 2 aliphatic rings. The van der Waals surface area contributed by atoms with Gasteiger partial charge in [0.2, 0.25) is 0 Å². The first-order chi connectivity index (χ1) is 8.47. The summed E-state index contributed by atoms with van der Waals surface area (Å²) in [7, 11) is 4.20. The first-order valence-electron chi connectivity index (χ1n) is 5.26. The molecule has 2 aliphatic heterocycles. The Morgan fingerprint density at radius 1 is 1.44 bits per heavy atom. The molecule has 8 heteroatoms. The Hall–Kier alpha value is -2.25. The van der Waals surface area contributed by atoms with E-state index in [1.807, 2.05) is 0 Å². The van der Waals surface area contributed by atoms with E-state index < -0.39 is 23.9 Å². The predicted octanol–water partition coefficient (Wildman–Crippen LogP) is -1.50. The molecule has 96 valence electrons. The summed E-state index contributed by atoms with van der Waals surface area (Å²) in [5.74, 6) is -0.556. The maximum absolute atomic E-state index is 12.0. The van der Waals surface area contributed by atoms with E-state index in [-0.39, 0.29) is 6.54 Å². The summed E-state index contributed by atoms with van der Waals surface area (Å²) in [6.07, 6.45) is 1.37. The highest BCUT2D eigenvalue weighted by Crippen LogP contribution is 2.16. The van der Waals surface area contributed by atoms with E-state index in [9.17, 15) is 14.4 Å². The molecule has 0 aromatic carbocycles. The summed E-state index contributed by atoms with van der Waals surface area (Å²) >= 11 is 0. The molecule has 0 saturated carbocycles. The van der Waals surface area contributed by atoms with Gasteiger partial charge in [-0.15, -0.1) is 0 Å². The lowest BCUT2D eigenvalue weighted by Gasteiger charge is -2.30. The van der Waals surface area contributed by atoms with Gasteiger partial charge >= 0.3 is 12.0 Å². The molecule has 0 radical (unpaired) electrons. The van der Waals surface area contributed by atoms with Gasteiger partial charge in [-0.05, 0) is 4.99 Å². The number of carbonyl (C=O) groups is 3. The van der Waals surface area contributed by atoms with Crippen molar-refractivity contribution in [3.63, 3.8) is 0 Å². The lowest BCUT2D eigenvalue weighted by atomic mass is 10.1. The molecule has 0 spiro atoms. The second-order valence-electron chi connectivity index (χ2n) is 3.99. The lowest BCUT2D eigenvalue weighted by molar-refractivity contribution is -0.521. The van der Waals surface area contributed by atoms with Crippen molar-refractivity contribution in [1.29, 1.82) is 0 Å². The standard InChI is InChI=1S/C10H13N4O4/c1-12-8-7(9(16)13(2)10(12)17)14(5-11-8)4-6(15)18-3/h5,7H,4H2,1-3H3/q+1. The SMILES string of the molecule is COC(=O)C[N+]1=CN=C2C1C(=O)N(C)C(=O)N2C. The van der Waals surface area contributed by atoms with Crippen LogP contribution in [0.25, 0.3) is 0 Å². The fourth-order valence-electron chi connectivity index (χ4n) is 1.89. The monoisotopic (exact) mass is 253 g/mol. The third-order valence-electron chi connectivity index (χ3n) is 2.94. The fraction of sp³-hybridized carbons (Fsp3) is 0.500. The molecule has 2 heterocycles. The molecular weight excluding hydrogens is 240 g/mol. The number of rotatable bonds is 2. The average Bonchev–Trinajstić information content (AvgIpc) is 2.77. The van der Waals surface area contributed by atoms with Crippen molar-refractivity contribution in [1.82, 2.24) is 9.80 Å². The average molecular weight is 253 g/mol. The first-order valence-corrected chi connectivity index (χ1v) is 5.26. The number of ether oxygens (including phenoxy) is 1. The number of aliphatic imine (C=N–C) groups is 1. The second kappa shape index (κ2) is 4.21. The number of methoxy groups -OCH3 is 1. The van der Waals surface area contributed by atoms with Crippen LogP contribution in [0.2, 0.25) is 0 Å². The summed E-state index contributed by atoms with van der Waals surface area (Å²) in [5, 5.41) is 0. The molecule has 1 atom stereocenters. The minimum atomic E-state index is -0.739. The first kappa shape index (κ1) is 12.2. The molecule has 0 bridgehead atoms. The number of imide groups is 1. The van der Waals surface area contributed by atoms with Crippen LogP contribution in [0.1, 0.15) is 0 Å². The van der Waals surface area contributed by atoms with Gasteiger partial charge in [-0.25, -0.2) is 14.2 Å². The number of hydrogen-bond acceptors (Lipinski definition) is 5. The van der Waals surface area contributed by atoms with Gasteiger partial charge in [-0.3, -0.25) is 14.6 Å². The van der Waals surface area contributed by atoms with Crippen molar-refractivity contribution < 1.29 is 23.7 Å². The molecule has 0 aromatic heterocycles. The minimum absolute atomic E-state index is 0.0875. The molecule has 3 amide bonds. The Labute approximate surface area is 103 Å². The van der Waals surface area contributed by atoms with E-state index >= 15 is 0 Å². The van der Waals surface area contributed by atoms with E-state index in [0.29, 0.717) is 5.84 Å². The molecule has 0 aliphatic carbocycles. The molecule has 0 aromatic rings. The topological polar surface area (TPSA) is 82.3 Å². The molecular formula is C10H13N4O4+. The predicted molar refractivity (Wildman–Crippen MR) is 60.4 cm³/mol. The zero-order valence-corrected chi connectivity index (χ0v) is 10.3. The van der Waals surface area contributed by atoms with Crippen LogP contribution in [-0.4, -0.2) is 78.2 Å². The number of nitrogens with zero attached hydrogens (tertiary/aromatic N) is 4. The van der Waals surface area contributed by atoms with Crippen LogP contribution >= 0.6 is 0 Å². The molecule has 1 unspecified atom stereocenters. The van der Waals surface area contributed by atoms with Gasteiger partial charge in [0.15, 0.2) is 6.54 Å². The fourth-order valence-corrected chi connectivity index (χ4v) is 1.89. The Kier molecular flexibility index (Phi) is 2.85. The van der Waals surface area contributed by atoms with E-state index in [0.717, 1.165) is 4.90 Å². The maximum atomic E-state index is 12.0. The van der Waals surface area contributed by atoms with Gasteiger partial charge in [0.1, 0.15) is 0 Å². The maximum Gasteiger partial charge on any atom is 0.347 e. The highest BCUT2D eigenvalue weighted by molar-refractivity contribution is 6.21. The van der Waals surface area contributed by atoms with Crippen molar-refractivity contribution in [2.24, 2.45) is 4.99 Å². The van der Waals surface area contributed by atoms with Gasteiger partial charge in [0, 0.05) is 14.1 Å². The minimum Gasteiger partial charge on any atom is -0.466 e. The summed E-state index contributed by atoms with van der Waals surface area (Å²) in [6, 6.07) is -1.18. The number of amides is 3. The van der Waals surface area contributed by atoms with Crippen molar-refractivity contribution in [3.8, 4) is 0 Å². The van der Waals surface area contributed by atoms with E-state index in [2.05, 4.69) is 9.73 Å². The summed E-state index contributed by atoms with van der Waals surface area (Å²) in [5.41, 5.74) is 0. The zero-order valence-electron chi connectivity index (χ0n) is 10.3. The molecule has 1 fully saturated rings. The van der Waals surface area contributed by atoms with Crippen LogP contribution in [0.5, 0.6) is 0 Å². The van der Waals surface area contributed by atoms with E-state index in [1.165, 1.54) is 37.0 Å². The van der Waals surface area contributed by atoms with Crippen LogP contribution in [0, 0.1) is 0 Å². The smallest absolute Gasteiger partial charge is 0.347 e. The van der Waals surface area contributed by atoms with Gasteiger partial charge in [0.25, 0.3) is 24.1 Å². The molecule has 18 heavy (non-hydrogen) atoms. The van der Waals surface area contributed by atoms with Crippen LogP contribution in [-0.2, 0) is 14.3 Å². The van der Waals surface area contributed by atoms with Crippen LogP contribution < -0.4 is 0 Å². The molecule has 1 saturated heterocycles. The number of carbonyl (C=O) groups excluding carboxylic acids is 3. The Morgan fingerprint density at radius 2 is 2.11 bits per heavy atom. The third kappa shape index (κ3) is 1.66. The van der Waals surface area contributed by atoms with Gasteiger partial charge in [-0.1, -0.05) is 0 Å². The number of fused-ring (bicyclic) bond motifs is 1. The van der Waals surface area contributed by atoms with E-state index in [4.69, 9.17) is 0 Å². The number of urea groups is 1. The van der Waals surface area contributed by atoms with Crippen molar-refractivity contribution in [2.75, 3.05) is 27.7 Å². The Bertz CT molecular complexity index is 496. The third-order valence-corrected chi connectivity index (χ3v) is 2.94. The number of amidine groups is 1. The zero-order chi connectivity index (χ0) is 13.4. The largest absolute Gasteiger partial charge is 0.466 e. The lowest BCUT2D eigenvalue weighted by Crippen LogP contribution is -2.61. The molecule has 0 N–H and O–H groups in total. The van der Waals surface area contributed by atoms with Gasteiger partial charge < -0.3 is 4.74 Å². The van der Waals surface area contributed by atoms with Crippen molar-refractivity contribution in [2.45, 2.75) is 6.04 Å². The molecule has 8 nitrogen and oxygen atoms in total. The molecule has 2 rings (SSSR count). The van der Waals surface area contributed by atoms with Gasteiger partial charge in [-0.2, -0.15) is 0 Å². The van der Waals surface area contributed by atoms with Gasteiger partial charge in [0.05, 0.1) is 7.11 Å². The number of esters is 1. The van der Waals surface area contributed by atoms with Crippen molar-refractivity contribution >= 4 is 30.1 Å². The number of hydrogen-bond donors (Lipinski definition) is 0. The summed E-state index contributed by atoms with van der Waals surface area (Å²) < 4.78 is 5.99. The normalized spacial score (nSPS) is 22.7. The Balaban J connectivity index is 2.26. The summed E-state index contributed by atoms with van der Waals surface area (Å²) in [6.45, 7) is -0.0875. The highest BCUT2D eigenvalue weighted by atomic mass is 16.5.